The molecule has 6 aromatic carbocycles. The zero-order chi connectivity index (χ0) is 73.5. The number of aryl methyl sites for hydroxylation is 6. The van der Waals surface area contributed by atoms with E-state index in [2.05, 4.69) is 41.5 Å². The SMILES string of the molecule is CCCCCCCCCc1ccc(OP(=O)([O-])c2ccc(CCCCCCCCC)cc2)cc1.CCCCCCCCCc1ccc(OP(=O)([O-])c2ccc(CCCCCCCCC)cc2)cc1.CCCCCCCCCc1ccc(OP(=O)([O-])c2ccc(CCCCCCCCC)cc2)cc1.[Co+3]. The normalized spacial score (nSPS) is 12.9. The summed E-state index contributed by atoms with van der Waals surface area (Å²) in [6.45, 7) is 13.4. The monoisotopic (exact) mass is 1510 g/mol. The van der Waals surface area contributed by atoms with Crippen molar-refractivity contribution in [2.75, 3.05) is 0 Å². The van der Waals surface area contributed by atoms with Crippen molar-refractivity contribution in [3.63, 3.8) is 0 Å². The van der Waals surface area contributed by atoms with Crippen LogP contribution in [0.2, 0.25) is 0 Å². The smallest absolute Gasteiger partial charge is 0.765 e. The molecule has 0 radical (unpaired) electrons. The Labute approximate surface area is 639 Å². The largest absolute Gasteiger partial charge is 3.00 e. The van der Waals surface area contributed by atoms with Gasteiger partial charge in [0.2, 0.25) is 22.8 Å². The molecule has 0 saturated heterocycles. The maximum Gasteiger partial charge on any atom is 3.00 e. The average Bonchev–Trinajstić information content (AvgIpc) is 0.842. The van der Waals surface area contributed by atoms with E-state index >= 15 is 0 Å². The first-order valence-corrected chi connectivity index (χ1v) is 45.8. The first-order chi connectivity index (χ1) is 49.6. The van der Waals surface area contributed by atoms with Crippen LogP contribution in [0.25, 0.3) is 0 Å². The molecule has 0 fully saturated rings. The standard InChI is InChI=1S/3C30H47O3P.Co/c3*1-3-5-7-9-11-13-15-17-27-19-23-29(24-20-27)33-34(31,32)30-25-21-28(22-26-30)18-16-14-12-10-8-6-4-2;/h3*19-26H,3-18H2,1-2H3,(H,31,32);/q;;;+3/p-3. The molecule has 6 aromatic rings. The van der Waals surface area contributed by atoms with Gasteiger partial charge in [-0.05, 0) is 183 Å². The van der Waals surface area contributed by atoms with Crippen LogP contribution in [-0.4, -0.2) is 0 Å². The third kappa shape index (κ3) is 44.0. The summed E-state index contributed by atoms with van der Waals surface area (Å²) in [5.74, 6) is 1.15. The Bertz CT molecular complexity index is 2790. The van der Waals surface area contributed by atoms with E-state index in [9.17, 15) is 28.4 Å². The van der Waals surface area contributed by atoms with Crippen molar-refractivity contribution in [2.24, 2.45) is 0 Å². The third-order valence-corrected chi connectivity index (χ3v) is 23.8. The zero-order valence-corrected chi connectivity index (χ0v) is 68.9. The number of hydrogen-bond acceptors (Lipinski definition) is 9. The molecular weight excluding hydrogens is 1380 g/mol. The second-order valence-electron chi connectivity index (χ2n) is 28.9. The van der Waals surface area contributed by atoms with Crippen molar-refractivity contribution in [3.8, 4) is 17.2 Å². The Hall–Kier alpha value is -4.20. The quantitative estimate of drug-likeness (QED) is 0.0269. The van der Waals surface area contributed by atoms with E-state index in [4.69, 9.17) is 13.6 Å². The molecule has 0 spiro atoms. The Morgan fingerprint density at radius 1 is 0.204 bits per heavy atom. The van der Waals surface area contributed by atoms with Crippen LogP contribution < -0.4 is 44.2 Å². The molecule has 0 bridgehead atoms. The van der Waals surface area contributed by atoms with Crippen LogP contribution in [0.4, 0.5) is 0 Å². The molecule has 0 aliphatic carbocycles. The molecule has 0 saturated carbocycles. The van der Waals surface area contributed by atoms with Crippen LogP contribution in [0, 0.1) is 0 Å². The summed E-state index contributed by atoms with van der Waals surface area (Å²) in [7, 11) is -12.4. The molecule has 0 heterocycles. The Kier molecular flexibility index (Phi) is 53.1. The molecule has 0 amide bonds. The predicted octanol–water partition coefficient (Wildman–Crippen LogP) is 25.6. The van der Waals surface area contributed by atoms with Gasteiger partial charge in [-0.15, -0.1) is 0 Å². The zero-order valence-electron chi connectivity index (χ0n) is 65.1. The summed E-state index contributed by atoms with van der Waals surface area (Å²) in [6.07, 6.45) is 60.1. The molecule has 0 N–H and O–H groups in total. The summed E-state index contributed by atoms with van der Waals surface area (Å²) in [4.78, 5) is 38.1. The van der Waals surface area contributed by atoms with Crippen LogP contribution in [0.15, 0.2) is 146 Å². The van der Waals surface area contributed by atoms with Gasteiger partial charge >= 0.3 is 16.8 Å². The van der Waals surface area contributed by atoms with E-state index in [0.717, 1.165) is 57.8 Å². The summed E-state index contributed by atoms with van der Waals surface area (Å²) < 4.78 is 54.3. The number of benzene rings is 6. The molecule has 576 valence electrons. The summed E-state index contributed by atoms with van der Waals surface area (Å²) in [5, 5.41) is 0.717. The Morgan fingerprint density at radius 3 is 0.476 bits per heavy atom. The second-order valence-corrected chi connectivity index (χ2v) is 34.0. The minimum atomic E-state index is -4.14. The van der Waals surface area contributed by atoms with Gasteiger partial charge in [0.15, 0.2) is 0 Å². The molecule has 103 heavy (non-hydrogen) atoms. The van der Waals surface area contributed by atoms with Crippen molar-refractivity contribution in [3.05, 3.63) is 179 Å². The van der Waals surface area contributed by atoms with Crippen molar-refractivity contribution < 1.29 is 58.7 Å². The minimum absolute atomic E-state index is 0. The van der Waals surface area contributed by atoms with Gasteiger partial charge in [0.05, 0.1) is 0 Å². The van der Waals surface area contributed by atoms with Gasteiger partial charge in [0, 0.05) is 15.9 Å². The topological polar surface area (TPSA) is 148 Å². The van der Waals surface area contributed by atoms with Crippen molar-refractivity contribution in [1.82, 2.24) is 0 Å². The van der Waals surface area contributed by atoms with Crippen molar-refractivity contribution in [1.29, 1.82) is 0 Å². The molecule has 3 atom stereocenters. The van der Waals surface area contributed by atoms with Gasteiger partial charge < -0.3 is 28.3 Å². The van der Waals surface area contributed by atoms with Gasteiger partial charge in [-0.2, -0.15) is 0 Å². The second kappa shape index (κ2) is 58.8. The Morgan fingerprint density at radius 2 is 0.330 bits per heavy atom. The molecular formula is C90H138CoO9P3. The summed E-state index contributed by atoms with van der Waals surface area (Å²) >= 11 is 0. The van der Waals surface area contributed by atoms with Crippen LogP contribution >= 0.6 is 22.8 Å². The fraction of sp³-hybridized carbons (Fsp3) is 0.600. The molecule has 0 aliphatic rings. The van der Waals surface area contributed by atoms with Crippen molar-refractivity contribution in [2.45, 2.75) is 350 Å². The van der Waals surface area contributed by atoms with Gasteiger partial charge in [-0.3, -0.25) is 13.7 Å². The predicted molar refractivity (Wildman–Crippen MR) is 432 cm³/mol. The maximum atomic E-state index is 12.7. The van der Waals surface area contributed by atoms with Crippen LogP contribution in [0.3, 0.4) is 0 Å². The minimum Gasteiger partial charge on any atom is -0.765 e. The fourth-order valence-electron chi connectivity index (χ4n) is 13.0. The Balaban J connectivity index is 0.000000399. The number of unbranched alkanes of at least 4 members (excludes halogenated alkanes) is 36. The molecule has 9 nitrogen and oxygen atoms in total. The van der Waals surface area contributed by atoms with E-state index in [-0.39, 0.29) is 32.7 Å². The number of rotatable bonds is 57. The van der Waals surface area contributed by atoms with E-state index in [1.54, 1.807) is 72.8 Å². The summed E-state index contributed by atoms with van der Waals surface area (Å²) in [6, 6.07) is 44.2. The molecule has 3 unspecified atom stereocenters. The van der Waals surface area contributed by atoms with Crippen LogP contribution in [0.1, 0.15) is 345 Å². The third-order valence-electron chi connectivity index (χ3n) is 19.6. The van der Waals surface area contributed by atoms with E-state index in [1.807, 2.05) is 72.8 Å². The van der Waals surface area contributed by atoms with E-state index in [1.165, 1.54) is 284 Å². The van der Waals surface area contributed by atoms with Gasteiger partial charge in [0.1, 0.15) is 17.2 Å². The van der Waals surface area contributed by atoms with E-state index < -0.39 is 22.8 Å². The van der Waals surface area contributed by atoms with Crippen LogP contribution in [0.5, 0.6) is 17.2 Å². The van der Waals surface area contributed by atoms with E-state index in [0.29, 0.717) is 17.2 Å². The maximum absolute atomic E-state index is 12.7. The molecule has 6 rings (SSSR count). The molecule has 0 aromatic heterocycles. The first-order valence-electron chi connectivity index (χ1n) is 41.2. The summed E-state index contributed by atoms with van der Waals surface area (Å²) in [5.41, 5.74) is 7.26. The first kappa shape index (κ1) is 93.0. The molecule has 0 aliphatic heterocycles. The number of hydrogen-bond donors (Lipinski definition) is 0. The molecule has 13 heteroatoms. The van der Waals surface area contributed by atoms with Crippen molar-refractivity contribution >= 4 is 38.7 Å². The fourth-order valence-corrected chi connectivity index (χ4v) is 16.0. The van der Waals surface area contributed by atoms with Crippen LogP contribution in [-0.2, 0) is 69.0 Å². The average molecular weight is 1520 g/mol. The van der Waals surface area contributed by atoms with Gasteiger partial charge in [0.25, 0.3) is 0 Å². The van der Waals surface area contributed by atoms with Gasteiger partial charge in [-0.1, -0.05) is 345 Å². The van der Waals surface area contributed by atoms with Gasteiger partial charge in [-0.25, -0.2) is 0 Å².